The highest BCUT2D eigenvalue weighted by molar-refractivity contribution is 8.13. The first-order valence-corrected chi connectivity index (χ1v) is 8.92. The van der Waals surface area contributed by atoms with Crippen LogP contribution in [-0.2, 0) is 15.5 Å². The van der Waals surface area contributed by atoms with E-state index in [4.69, 9.17) is 15.4 Å². The van der Waals surface area contributed by atoms with Gasteiger partial charge in [0.15, 0.2) is 0 Å². The quantitative estimate of drug-likeness (QED) is 0.784. The zero-order valence-electron chi connectivity index (χ0n) is 12.0. The standard InChI is InChI=1S/C16H17ClO3S/c1-12-13(2)16(21(17,18)19)9-8-15(12)20-11-10-14-6-4-3-5-7-14/h3-9H,10-11H2,1-2H3. The fraction of sp³-hybridized carbons (Fsp3) is 0.250. The van der Waals surface area contributed by atoms with Crippen molar-refractivity contribution in [2.45, 2.75) is 25.2 Å². The molecule has 0 aliphatic rings. The molecule has 2 aromatic rings. The molecular weight excluding hydrogens is 308 g/mol. The molecule has 5 heteroatoms. The molecule has 0 aromatic heterocycles. The summed E-state index contributed by atoms with van der Waals surface area (Å²) in [5.74, 6) is 0.687. The Morgan fingerprint density at radius 1 is 1.00 bits per heavy atom. The minimum Gasteiger partial charge on any atom is -0.493 e. The Morgan fingerprint density at radius 2 is 1.67 bits per heavy atom. The Bertz CT molecular complexity index is 725. The van der Waals surface area contributed by atoms with Crippen LogP contribution in [0, 0.1) is 13.8 Å². The number of hydrogen-bond acceptors (Lipinski definition) is 3. The third-order valence-electron chi connectivity index (χ3n) is 3.44. The minimum atomic E-state index is -3.72. The lowest BCUT2D eigenvalue weighted by molar-refractivity contribution is 0.319. The van der Waals surface area contributed by atoms with E-state index in [0.717, 1.165) is 12.0 Å². The number of benzene rings is 2. The van der Waals surface area contributed by atoms with Crippen LogP contribution in [0.5, 0.6) is 5.75 Å². The zero-order valence-corrected chi connectivity index (χ0v) is 13.5. The maximum Gasteiger partial charge on any atom is 0.261 e. The van der Waals surface area contributed by atoms with Gasteiger partial charge in [-0.05, 0) is 42.7 Å². The van der Waals surface area contributed by atoms with Crippen LogP contribution in [0.3, 0.4) is 0 Å². The molecule has 0 bridgehead atoms. The van der Waals surface area contributed by atoms with Gasteiger partial charge in [0.05, 0.1) is 11.5 Å². The first kappa shape index (κ1) is 15.9. The molecule has 0 radical (unpaired) electrons. The molecular formula is C16H17ClO3S. The van der Waals surface area contributed by atoms with E-state index in [1.807, 2.05) is 37.3 Å². The molecule has 0 saturated heterocycles. The van der Waals surface area contributed by atoms with Gasteiger partial charge in [-0.2, -0.15) is 0 Å². The van der Waals surface area contributed by atoms with E-state index >= 15 is 0 Å². The highest BCUT2D eigenvalue weighted by Gasteiger charge is 2.16. The van der Waals surface area contributed by atoms with Gasteiger partial charge in [0.25, 0.3) is 9.05 Å². The summed E-state index contributed by atoms with van der Waals surface area (Å²) in [5, 5.41) is 0. The molecule has 0 N–H and O–H groups in total. The number of rotatable bonds is 5. The molecule has 2 aromatic carbocycles. The summed E-state index contributed by atoms with van der Waals surface area (Å²) in [7, 11) is 1.68. The van der Waals surface area contributed by atoms with Crippen molar-refractivity contribution in [3.8, 4) is 5.75 Å². The van der Waals surface area contributed by atoms with Crippen LogP contribution >= 0.6 is 10.7 Å². The third-order valence-corrected chi connectivity index (χ3v) is 4.91. The summed E-state index contributed by atoms with van der Waals surface area (Å²) in [6, 6.07) is 13.2. The van der Waals surface area contributed by atoms with E-state index in [2.05, 4.69) is 0 Å². The molecule has 0 unspecified atom stereocenters. The maximum absolute atomic E-state index is 11.4. The van der Waals surface area contributed by atoms with Crippen molar-refractivity contribution in [3.05, 3.63) is 59.2 Å². The van der Waals surface area contributed by atoms with Crippen LogP contribution in [-0.4, -0.2) is 15.0 Å². The van der Waals surface area contributed by atoms with Gasteiger partial charge in [-0.1, -0.05) is 30.3 Å². The second-order valence-corrected chi connectivity index (χ2v) is 7.37. The Balaban J connectivity index is 2.10. The van der Waals surface area contributed by atoms with Crippen LogP contribution < -0.4 is 4.74 Å². The first-order valence-electron chi connectivity index (χ1n) is 6.61. The normalized spacial score (nSPS) is 11.4. The van der Waals surface area contributed by atoms with Crippen molar-refractivity contribution in [3.63, 3.8) is 0 Å². The molecule has 21 heavy (non-hydrogen) atoms. The predicted molar refractivity (Wildman–Crippen MR) is 84.6 cm³/mol. The summed E-state index contributed by atoms with van der Waals surface area (Å²) in [5.41, 5.74) is 2.62. The van der Waals surface area contributed by atoms with E-state index < -0.39 is 9.05 Å². The third kappa shape index (κ3) is 3.99. The highest BCUT2D eigenvalue weighted by atomic mass is 35.7. The van der Waals surface area contributed by atoms with E-state index in [1.165, 1.54) is 11.6 Å². The second kappa shape index (κ2) is 6.50. The number of hydrogen-bond donors (Lipinski definition) is 0. The summed E-state index contributed by atoms with van der Waals surface area (Å²) in [4.78, 5) is 0.136. The molecule has 0 aliphatic heterocycles. The van der Waals surface area contributed by atoms with Crippen molar-refractivity contribution < 1.29 is 13.2 Å². The lowest BCUT2D eigenvalue weighted by Crippen LogP contribution is -2.04. The van der Waals surface area contributed by atoms with E-state index in [9.17, 15) is 8.42 Å². The zero-order chi connectivity index (χ0) is 15.5. The Morgan fingerprint density at radius 3 is 2.29 bits per heavy atom. The van der Waals surface area contributed by atoms with Crippen molar-refractivity contribution in [1.82, 2.24) is 0 Å². The smallest absolute Gasteiger partial charge is 0.261 e. The SMILES string of the molecule is Cc1c(OCCc2ccccc2)ccc(S(=O)(=O)Cl)c1C. The summed E-state index contributed by atoms with van der Waals surface area (Å²) in [6.45, 7) is 4.10. The van der Waals surface area contributed by atoms with Crippen molar-refractivity contribution in [2.75, 3.05) is 6.61 Å². The first-order chi connectivity index (χ1) is 9.89. The number of halogens is 1. The lowest BCUT2D eigenvalue weighted by Gasteiger charge is -2.13. The summed E-state index contributed by atoms with van der Waals surface area (Å²) >= 11 is 0. The van der Waals surface area contributed by atoms with Gasteiger partial charge in [0, 0.05) is 17.1 Å². The van der Waals surface area contributed by atoms with Crippen LogP contribution in [0.15, 0.2) is 47.4 Å². The minimum absolute atomic E-state index is 0.136. The van der Waals surface area contributed by atoms with Crippen molar-refractivity contribution in [2.24, 2.45) is 0 Å². The van der Waals surface area contributed by atoms with Crippen molar-refractivity contribution in [1.29, 1.82) is 0 Å². The molecule has 0 spiro atoms. The van der Waals surface area contributed by atoms with Crippen LogP contribution in [0.2, 0.25) is 0 Å². The average molecular weight is 325 g/mol. The van der Waals surface area contributed by atoms with Gasteiger partial charge in [-0.15, -0.1) is 0 Å². The summed E-state index contributed by atoms with van der Waals surface area (Å²) in [6.07, 6.45) is 0.800. The number of ether oxygens (including phenoxy) is 1. The molecule has 0 atom stereocenters. The fourth-order valence-corrected chi connectivity index (χ4v) is 3.37. The Hall–Kier alpha value is -1.52. The molecule has 0 fully saturated rings. The monoisotopic (exact) mass is 324 g/mol. The van der Waals surface area contributed by atoms with Crippen LogP contribution in [0.25, 0.3) is 0 Å². The molecule has 112 valence electrons. The molecule has 3 nitrogen and oxygen atoms in total. The Labute approximate surface area is 129 Å². The lowest BCUT2D eigenvalue weighted by atomic mass is 10.1. The second-order valence-electron chi connectivity index (χ2n) is 4.83. The molecule has 0 aliphatic carbocycles. The molecule has 0 heterocycles. The topological polar surface area (TPSA) is 43.4 Å². The predicted octanol–water partition coefficient (Wildman–Crippen LogP) is 3.85. The van der Waals surface area contributed by atoms with Gasteiger partial charge in [-0.25, -0.2) is 8.42 Å². The molecule has 0 amide bonds. The Kier molecular flexibility index (Phi) is 4.91. The van der Waals surface area contributed by atoms with Crippen LogP contribution in [0.1, 0.15) is 16.7 Å². The van der Waals surface area contributed by atoms with Gasteiger partial charge in [-0.3, -0.25) is 0 Å². The average Bonchev–Trinajstić information content (AvgIpc) is 2.43. The molecule has 2 rings (SSSR count). The van der Waals surface area contributed by atoms with E-state index in [0.29, 0.717) is 17.9 Å². The van der Waals surface area contributed by atoms with Gasteiger partial charge in [0.1, 0.15) is 5.75 Å². The largest absolute Gasteiger partial charge is 0.493 e. The highest BCUT2D eigenvalue weighted by Crippen LogP contribution is 2.29. The maximum atomic E-state index is 11.4. The van der Waals surface area contributed by atoms with Crippen LogP contribution in [0.4, 0.5) is 0 Å². The van der Waals surface area contributed by atoms with Crippen molar-refractivity contribution >= 4 is 19.7 Å². The summed E-state index contributed by atoms with van der Waals surface area (Å²) < 4.78 is 28.6. The molecule has 0 saturated carbocycles. The van der Waals surface area contributed by atoms with Gasteiger partial charge >= 0.3 is 0 Å². The van der Waals surface area contributed by atoms with Gasteiger partial charge < -0.3 is 4.74 Å². The van der Waals surface area contributed by atoms with E-state index in [-0.39, 0.29) is 4.90 Å². The fourth-order valence-electron chi connectivity index (χ4n) is 2.11. The van der Waals surface area contributed by atoms with Gasteiger partial charge in [0.2, 0.25) is 0 Å². The van der Waals surface area contributed by atoms with E-state index in [1.54, 1.807) is 13.0 Å².